The zero-order chi connectivity index (χ0) is 17.3. The highest BCUT2D eigenvalue weighted by atomic mass is 16.4. The maximum atomic E-state index is 12.8. The van der Waals surface area contributed by atoms with Crippen LogP contribution in [0.3, 0.4) is 0 Å². The van der Waals surface area contributed by atoms with Crippen molar-refractivity contribution in [2.45, 2.75) is 32.2 Å². The molecule has 0 aliphatic carbocycles. The zero-order valence-corrected chi connectivity index (χ0v) is 14.0. The first-order valence-corrected chi connectivity index (χ1v) is 8.12. The van der Waals surface area contributed by atoms with E-state index in [1.54, 1.807) is 6.20 Å². The van der Waals surface area contributed by atoms with Crippen LogP contribution >= 0.6 is 0 Å². The van der Waals surface area contributed by atoms with E-state index >= 15 is 0 Å². The van der Waals surface area contributed by atoms with Gasteiger partial charge in [0.15, 0.2) is 0 Å². The van der Waals surface area contributed by atoms with Gasteiger partial charge in [-0.2, -0.15) is 5.10 Å². The van der Waals surface area contributed by atoms with Gasteiger partial charge in [0.05, 0.1) is 5.56 Å². The zero-order valence-electron chi connectivity index (χ0n) is 14.0. The third kappa shape index (κ3) is 3.06. The molecule has 7 nitrogen and oxygen atoms in total. The number of carbonyl (C=O) groups excluding carboxylic acids is 1. The Hall–Kier alpha value is -2.57. The van der Waals surface area contributed by atoms with E-state index < -0.39 is 5.97 Å². The summed E-state index contributed by atoms with van der Waals surface area (Å²) in [5, 5.41) is 13.1. The van der Waals surface area contributed by atoms with Crippen molar-refractivity contribution < 1.29 is 14.7 Å². The molecule has 1 atom stereocenters. The lowest BCUT2D eigenvalue weighted by molar-refractivity contribution is -0.137. The molecule has 1 aliphatic rings. The summed E-state index contributed by atoms with van der Waals surface area (Å²) >= 11 is 0. The van der Waals surface area contributed by atoms with E-state index in [2.05, 4.69) is 5.10 Å². The van der Waals surface area contributed by atoms with Gasteiger partial charge in [0.1, 0.15) is 6.54 Å². The lowest BCUT2D eigenvalue weighted by Gasteiger charge is -2.33. The lowest BCUT2D eigenvalue weighted by atomic mass is 9.94. The second kappa shape index (κ2) is 6.51. The van der Waals surface area contributed by atoms with Gasteiger partial charge in [0.2, 0.25) is 0 Å². The maximum absolute atomic E-state index is 12.8. The maximum Gasteiger partial charge on any atom is 0.325 e. The van der Waals surface area contributed by atoms with Crippen molar-refractivity contribution in [2.75, 3.05) is 13.1 Å². The van der Waals surface area contributed by atoms with E-state index in [4.69, 9.17) is 5.11 Å². The van der Waals surface area contributed by atoms with E-state index in [1.807, 2.05) is 41.8 Å². The number of aromatic nitrogens is 3. The number of likely N-dealkylation sites (tertiary alicyclic amines) is 1. The average molecular weight is 330 g/mol. The molecule has 3 heterocycles. The van der Waals surface area contributed by atoms with Crippen LogP contribution in [0.2, 0.25) is 0 Å². The van der Waals surface area contributed by atoms with E-state index in [0.29, 0.717) is 6.54 Å². The molecule has 3 rings (SSSR count). The van der Waals surface area contributed by atoms with Crippen LogP contribution in [0.15, 0.2) is 24.5 Å². The molecule has 0 saturated carbocycles. The minimum absolute atomic E-state index is 0.0436. The Morgan fingerprint density at radius 3 is 2.83 bits per heavy atom. The van der Waals surface area contributed by atoms with Crippen LogP contribution < -0.4 is 0 Å². The fraction of sp³-hybridized carbons (Fsp3) is 0.471. The highest BCUT2D eigenvalue weighted by molar-refractivity contribution is 5.95. The van der Waals surface area contributed by atoms with Crippen LogP contribution in [0.4, 0.5) is 0 Å². The van der Waals surface area contributed by atoms with Crippen molar-refractivity contribution in [2.24, 2.45) is 7.05 Å². The monoisotopic (exact) mass is 330 g/mol. The topological polar surface area (TPSA) is 80.4 Å². The minimum Gasteiger partial charge on any atom is -0.480 e. The summed E-state index contributed by atoms with van der Waals surface area (Å²) in [5.74, 6) is -0.751. The molecule has 0 spiro atoms. The molecule has 0 bridgehead atoms. The Labute approximate surface area is 140 Å². The number of hydrogen-bond donors (Lipinski definition) is 1. The van der Waals surface area contributed by atoms with Crippen LogP contribution in [-0.2, 0) is 18.4 Å². The van der Waals surface area contributed by atoms with E-state index in [1.165, 1.54) is 4.68 Å². The number of hydrogen-bond acceptors (Lipinski definition) is 3. The number of aliphatic carboxylic acids is 1. The minimum atomic E-state index is -0.913. The van der Waals surface area contributed by atoms with Crippen molar-refractivity contribution in [1.82, 2.24) is 19.2 Å². The molecule has 1 saturated heterocycles. The standard InChI is InChI=1S/C17H22N4O3/c1-12-14(6-9-19(12)2)17(24)20-8-3-4-13(10-20)15-5-7-18-21(15)11-16(22)23/h5-7,9,13H,3-4,8,10-11H2,1-2H3,(H,22,23)/t13-/m1/s1. The number of carbonyl (C=O) groups is 2. The molecule has 128 valence electrons. The SMILES string of the molecule is Cc1c(C(=O)N2CCC[C@@H](c3ccnn3CC(=O)O)C2)ccn1C. The first-order chi connectivity index (χ1) is 11.5. The van der Waals surface area contributed by atoms with Crippen molar-refractivity contribution >= 4 is 11.9 Å². The average Bonchev–Trinajstić information content (AvgIpc) is 3.14. The third-order valence-electron chi connectivity index (χ3n) is 4.78. The number of amides is 1. The van der Waals surface area contributed by atoms with Gasteiger partial charge in [-0.25, -0.2) is 0 Å². The summed E-state index contributed by atoms with van der Waals surface area (Å²) in [5.41, 5.74) is 2.58. The van der Waals surface area contributed by atoms with Crippen molar-refractivity contribution in [3.63, 3.8) is 0 Å². The Morgan fingerprint density at radius 2 is 2.17 bits per heavy atom. The number of carboxylic acid groups (broad SMARTS) is 1. The van der Waals surface area contributed by atoms with Crippen LogP contribution in [0.5, 0.6) is 0 Å². The number of aryl methyl sites for hydroxylation is 1. The summed E-state index contributed by atoms with van der Waals surface area (Å²) in [7, 11) is 1.93. The quantitative estimate of drug-likeness (QED) is 0.924. The van der Waals surface area contributed by atoms with Crippen LogP contribution in [0, 0.1) is 6.92 Å². The van der Waals surface area contributed by atoms with Gasteiger partial charge in [-0.3, -0.25) is 14.3 Å². The fourth-order valence-electron chi connectivity index (χ4n) is 3.36. The fourth-order valence-corrected chi connectivity index (χ4v) is 3.36. The number of rotatable bonds is 4. The molecule has 1 aliphatic heterocycles. The Bertz CT molecular complexity index is 762. The molecular weight excluding hydrogens is 308 g/mol. The molecule has 2 aromatic heterocycles. The highest BCUT2D eigenvalue weighted by Gasteiger charge is 2.28. The molecule has 1 amide bonds. The van der Waals surface area contributed by atoms with Gasteiger partial charge >= 0.3 is 5.97 Å². The summed E-state index contributed by atoms with van der Waals surface area (Å²) in [4.78, 5) is 25.6. The van der Waals surface area contributed by atoms with Crippen LogP contribution in [-0.4, -0.2) is 49.3 Å². The van der Waals surface area contributed by atoms with E-state index in [0.717, 1.165) is 36.3 Å². The predicted molar refractivity (Wildman–Crippen MR) is 87.9 cm³/mol. The van der Waals surface area contributed by atoms with Gasteiger partial charge in [0, 0.05) is 49.8 Å². The Morgan fingerprint density at radius 1 is 1.38 bits per heavy atom. The molecule has 0 unspecified atom stereocenters. The first kappa shape index (κ1) is 16.3. The highest BCUT2D eigenvalue weighted by Crippen LogP contribution is 2.28. The first-order valence-electron chi connectivity index (χ1n) is 8.12. The van der Waals surface area contributed by atoms with Gasteiger partial charge in [-0.15, -0.1) is 0 Å². The van der Waals surface area contributed by atoms with E-state index in [-0.39, 0.29) is 18.4 Å². The second-order valence-corrected chi connectivity index (χ2v) is 6.32. The smallest absolute Gasteiger partial charge is 0.325 e. The summed E-state index contributed by atoms with van der Waals surface area (Å²) in [6.07, 6.45) is 5.36. The van der Waals surface area contributed by atoms with Crippen LogP contribution in [0.1, 0.15) is 40.5 Å². The molecule has 24 heavy (non-hydrogen) atoms. The second-order valence-electron chi connectivity index (χ2n) is 6.32. The Kier molecular flexibility index (Phi) is 4.42. The van der Waals surface area contributed by atoms with Gasteiger partial charge in [-0.1, -0.05) is 0 Å². The summed E-state index contributed by atoms with van der Waals surface area (Å²) in [6.45, 7) is 3.12. The molecular formula is C17H22N4O3. The van der Waals surface area contributed by atoms with E-state index in [9.17, 15) is 9.59 Å². The predicted octanol–water partition coefficient (Wildman–Crippen LogP) is 1.63. The Balaban J connectivity index is 1.77. The number of piperidine rings is 1. The molecule has 1 fully saturated rings. The molecule has 0 aromatic carbocycles. The number of carboxylic acids is 1. The number of nitrogens with zero attached hydrogens (tertiary/aromatic N) is 4. The largest absolute Gasteiger partial charge is 0.480 e. The molecule has 7 heteroatoms. The van der Waals surface area contributed by atoms with Gasteiger partial charge in [0.25, 0.3) is 5.91 Å². The molecule has 2 aromatic rings. The normalized spacial score (nSPS) is 17.9. The molecule has 1 N–H and O–H groups in total. The third-order valence-corrected chi connectivity index (χ3v) is 4.78. The van der Waals surface area contributed by atoms with Crippen molar-refractivity contribution in [3.05, 3.63) is 41.5 Å². The summed E-state index contributed by atoms with van der Waals surface area (Å²) < 4.78 is 3.46. The van der Waals surface area contributed by atoms with Gasteiger partial charge in [-0.05, 0) is 31.9 Å². The molecule has 0 radical (unpaired) electrons. The summed E-state index contributed by atoms with van der Waals surface area (Å²) in [6, 6.07) is 3.71. The van der Waals surface area contributed by atoms with Gasteiger partial charge < -0.3 is 14.6 Å². The van der Waals surface area contributed by atoms with Crippen LogP contribution in [0.25, 0.3) is 0 Å². The van der Waals surface area contributed by atoms with Crippen molar-refractivity contribution in [3.8, 4) is 0 Å². The lowest BCUT2D eigenvalue weighted by Crippen LogP contribution is -2.40. The van der Waals surface area contributed by atoms with Crippen molar-refractivity contribution in [1.29, 1.82) is 0 Å².